The fourth-order valence-corrected chi connectivity index (χ4v) is 1.62. The van der Waals surface area contributed by atoms with Crippen molar-refractivity contribution in [2.24, 2.45) is 5.73 Å². The van der Waals surface area contributed by atoms with Gasteiger partial charge in [0, 0.05) is 5.25 Å². The highest BCUT2D eigenvalue weighted by Crippen LogP contribution is 2.12. The van der Waals surface area contributed by atoms with Crippen LogP contribution in [0.4, 0.5) is 0 Å². The van der Waals surface area contributed by atoms with Gasteiger partial charge in [-0.15, -0.1) is 0 Å². The van der Waals surface area contributed by atoms with Crippen LogP contribution < -0.4 is 11.1 Å². The average molecular weight is 250 g/mol. The number of carbonyl (C=O) groups excluding carboxylic acids is 2. The van der Waals surface area contributed by atoms with Gasteiger partial charge in [0.2, 0.25) is 11.0 Å². The molecule has 1 unspecified atom stereocenters. The van der Waals surface area contributed by atoms with Crippen LogP contribution >= 0.6 is 11.8 Å². The number of carbonyl (C=O) groups is 2. The van der Waals surface area contributed by atoms with E-state index in [-0.39, 0.29) is 10.4 Å². The molecule has 0 aliphatic rings. The molecule has 16 heavy (non-hydrogen) atoms. The Bertz CT molecular complexity index is 248. The van der Waals surface area contributed by atoms with Gasteiger partial charge < -0.3 is 21.3 Å². The number of nitrogens with one attached hydrogen (secondary N) is 1. The number of rotatable bonds is 6. The Morgan fingerprint density at radius 1 is 1.31 bits per heavy atom. The molecule has 0 spiro atoms. The van der Waals surface area contributed by atoms with Crippen molar-refractivity contribution in [3.05, 3.63) is 0 Å². The maximum Gasteiger partial charge on any atom is 0.239 e. The minimum atomic E-state index is -1.08. The quantitative estimate of drug-likeness (QED) is 0.454. The molecule has 2 atom stereocenters. The monoisotopic (exact) mass is 250 g/mol. The Kier molecular flexibility index (Phi) is 7.31. The number of aliphatic hydroxyl groups excluding tert-OH is 2. The normalized spacial score (nSPS) is 14.6. The largest absolute Gasteiger partial charge is 0.394 e. The summed E-state index contributed by atoms with van der Waals surface area (Å²) in [5.41, 5.74) is 5.26. The molecule has 1 amide bonds. The standard InChI is InChI=1S/C9H18N2O4S/c1-5(2)16-9(15)7(4-13)11-8(14)6(10)3-12/h5-7,12-13H,3-4,10H2,1-2H3,(H,11,14)/t6?,7-/m0/s1. The predicted molar refractivity (Wildman–Crippen MR) is 61.8 cm³/mol. The molecule has 0 aromatic carbocycles. The molecule has 0 radical (unpaired) electrons. The van der Waals surface area contributed by atoms with Gasteiger partial charge in [0.15, 0.2) is 0 Å². The molecule has 0 saturated heterocycles. The van der Waals surface area contributed by atoms with Gasteiger partial charge in [-0.25, -0.2) is 0 Å². The van der Waals surface area contributed by atoms with Gasteiger partial charge in [0.1, 0.15) is 12.1 Å². The lowest BCUT2D eigenvalue weighted by Gasteiger charge is -2.17. The summed E-state index contributed by atoms with van der Waals surface area (Å²) in [5, 5.41) is 19.6. The summed E-state index contributed by atoms with van der Waals surface area (Å²) in [6, 6.07) is -2.05. The van der Waals surface area contributed by atoms with Crippen LogP contribution in [0.15, 0.2) is 0 Å². The molecule has 0 rings (SSSR count). The van der Waals surface area contributed by atoms with E-state index in [0.29, 0.717) is 0 Å². The zero-order chi connectivity index (χ0) is 12.7. The van der Waals surface area contributed by atoms with Gasteiger partial charge >= 0.3 is 0 Å². The molecule has 7 heteroatoms. The van der Waals surface area contributed by atoms with Crippen molar-refractivity contribution in [3.8, 4) is 0 Å². The van der Waals surface area contributed by atoms with Crippen LogP contribution in [-0.4, -0.2) is 51.8 Å². The topological polar surface area (TPSA) is 113 Å². The van der Waals surface area contributed by atoms with Gasteiger partial charge in [-0.1, -0.05) is 25.6 Å². The van der Waals surface area contributed by atoms with Gasteiger partial charge in [0.25, 0.3) is 0 Å². The first-order valence-electron chi connectivity index (χ1n) is 4.90. The van der Waals surface area contributed by atoms with Gasteiger partial charge in [0.05, 0.1) is 13.2 Å². The number of hydrogen-bond donors (Lipinski definition) is 4. The van der Waals surface area contributed by atoms with E-state index in [9.17, 15) is 9.59 Å². The third-order valence-corrected chi connectivity index (χ3v) is 2.66. The van der Waals surface area contributed by atoms with E-state index in [4.69, 9.17) is 15.9 Å². The molecule has 0 saturated carbocycles. The molecule has 6 nitrogen and oxygen atoms in total. The molecule has 5 N–H and O–H groups in total. The van der Waals surface area contributed by atoms with Gasteiger partial charge in [-0.3, -0.25) is 9.59 Å². The van der Waals surface area contributed by atoms with E-state index in [1.165, 1.54) is 0 Å². The smallest absolute Gasteiger partial charge is 0.239 e. The van der Waals surface area contributed by atoms with Crippen molar-refractivity contribution in [3.63, 3.8) is 0 Å². The summed E-state index contributed by atoms with van der Waals surface area (Å²) < 4.78 is 0. The third-order valence-electron chi connectivity index (χ3n) is 1.67. The fraction of sp³-hybridized carbons (Fsp3) is 0.778. The van der Waals surface area contributed by atoms with Crippen molar-refractivity contribution < 1.29 is 19.8 Å². The summed E-state index contributed by atoms with van der Waals surface area (Å²) in [4.78, 5) is 22.8. The number of nitrogens with two attached hydrogens (primary N) is 1. The minimum absolute atomic E-state index is 0.0740. The number of hydrogen-bond acceptors (Lipinski definition) is 6. The van der Waals surface area contributed by atoms with Crippen LogP contribution in [0.2, 0.25) is 0 Å². The number of thioether (sulfide) groups is 1. The van der Waals surface area contributed by atoms with E-state index in [1.807, 2.05) is 13.8 Å². The van der Waals surface area contributed by atoms with Crippen LogP contribution in [0.1, 0.15) is 13.8 Å². The van der Waals surface area contributed by atoms with E-state index in [2.05, 4.69) is 5.32 Å². The molecule has 0 heterocycles. The Morgan fingerprint density at radius 2 is 1.88 bits per heavy atom. The van der Waals surface area contributed by atoms with Crippen LogP contribution in [0.25, 0.3) is 0 Å². The van der Waals surface area contributed by atoms with Gasteiger partial charge in [-0.2, -0.15) is 0 Å². The maximum atomic E-state index is 11.5. The summed E-state index contributed by atoms with van der Waals surface area (Å²) in [5.74, 6) is -0.653. The lowest BCUT2D eigenvalue weighted by atomic mass is 10.2. The Morgan fingerprint density at radius 3 is 2.25 bits per heavy atom. The van der Waals surface area contributed by atoms with Crippen molar-refractivity contribution in [2.45, 2.75) is 31.2 Å². The summed E-state index contributed by atoms with van der Waals surface area (Å²) in [6.45, 7) is 2.68. The second-order valence-corrected chi connectivity index (χ2v) is 5.10. The molecule has 0 aliphatic carbocycles. The zero-order valence-corrected chi connectivity index (χ0v) is 10.2. The molecular weight excluding hydrogens is 232 g/mol. The number of amides is 1. The lowest BCUT2D eigenvalue weighted by Crippen LogP contribution is -2.50. The SMILES string of the molecule is CC(C)SC(=O)[C@H](CO)NC(=O)C(N)CO. The van der Waals surface area contributed by atoms with E-state index in [0.717, 1.165) is 11.8 Å². The predicted octanol–water partition coefficient (Wildman–Crippen LogP) is -1.55. The molecule has 0 aliphatic heterocycles. The Hall–Kier alpha value is -0.630. The van der Waals surface area contributed by atoms with Gasteiger partial charge in [-0.05, 0) is 0 Å². The summed E-state index contributed by atoms with van der Waals surface area (Å²) in [7, 11) is 0. The number of aliphatic hydroxyl groups is 2. The minimum Gasteiger partial charge on any atom is -0.394 e. The van der Waals surface area contributed by atoms with Crippen LogP contribution in [0, 0.1) is 0 Å². The second-order valence-electron chi connectivity index (χ2n) is 3.52. The second kappa shape index (κ2) is 7.61. The Balaban J connectivity index is 4.29. The molecule has 0 bridgehead atoms. The highest BCUT2D eigenvalue weighted by molar-refractivity contribution is 8.14. The first-order valence-corrected chi connectivity index (χ1v) is 5.78. The average Bonchev–Trinajstić information content (AvgIpc) is 2.23. The fourth-order valence-electron chi connectivity index (χ4n) is 0.855. The summed E-state index contributed by atoms with van der Waals surface area (Å²) >= 11 is 1.03. The molecule has 0 aromatic heterocycles. The zero-order valence-electron chi connectivity index (χ0n) is 9.34. The van der Waals surface area contributed by atoms with Crippen molar-refractivity contribution in [1.82, 2.24) is 5.32 Å². The maximum absolute atomic E-state index is 11.5. The Labute approximate surface area is 98.6 Å². The lowest BCUT2D eigenvalue weighted by molar-refractivity contribution is -0.127. The first-order chi connectivity index (χ1) is 7.42. The highest BCUT2D eigenvalue weighted by atomic mass is 32.2. The molecule has 94 valence electrons. The van der Waals surface area contributed by atoms with Crippen molar-refractivity contribution in [1.29, 1.82) is 0 Å². The van der Waals surface area contributed by atoms with Crippen molar-refractivity contribution >= 4 is 22.8 Å². The first kappa shape index (κ1) is 15.4. The molecular formula is C9H18N2O4S. The van der Waals surface area contributed by atoms with E-state index >= 15 is 0 Å². The van der Waals surface area contributed by atoms with Crippen LogP contribution in [0.5, 0.6) is 0 Å². The third kappa shape index (κ3) is 5.45. The van der Waals surface area contributed by atoms with Crippen molar-refractivity contribution in [2.75, 3.05) is 13.2 Å². The molecule has 0 fully saturated rings. The van der Waals surface area contributed by atoms with Crippen LogP contribution in [0.3, 0.4) is 0 Å². The van der Waals surface area contributed by atoms with E-state index in [1.54, 1.807) is 0 Å². The molecule has 0 aromatic rings. The summed E-state index contributed by atoms with van der Waals surface area (Å²) in [6.07, 6.45) is 0. The van der Waals surface area contributed by atoms with Crippen LogP contribution in [-0.2, 0) is 9.59 Å². The van der Waals surface area contributed by atoms with E-state index < -0.39 is 31.2 Å². The highest BCUT2D eigenvalue weighted by Gasteiger charge is 2.23.